The molecule has 1 aromatic carbocycles. The van der Waals surface area contributed by atoms with Crippen molar-refractivity contribution in [3.63, 3.8) is 0 Å². The second-order valence-electron chi connectivity index (χ2n) is 3.56. The normalized spacial score (nSPS) is 10.1. The number of carbonyl (C=O) groups excluding carboxylic acids is 1. The van der Waals surface area contributed by atoms with Gasteiger partial charge in [0.15, 0.2) is 0 Å². The average Bonchev–Trinajstić information content (AvgIpc) is 2.37. The summed E-state index contributed by atoms with van der Waals surface area (Å²) >= 11 is 1.55. The van der Waals surface area contributed by atoms with Gasteiger partial charge in [-0.2, -0.15) is 0 Å². The van der Waals surface area contributed by atoms with Crippen molar-refractivity contribution in [1.82, 2.24) is 9.97 Å². The number of hydrogen-bond donors (Lipinski definition) is 0. The van der Waals surface area contributed by atoms with Crippen LogP contribution in [0, 0.1) is 0 Å². The third kappa shape index (κ3) is 3.85. The minimum Gasteiger partial charge on any atom is -0.406 e. The van der Waals surface area contributed by atoms with Crippen LogP contribution in [0.4, 0.5) is 0 Å². The lowest BCUT2D eigenvalue weighted by Crippen LogP contribution is -2.03. The number of benzene rings is 1. The van der Waals surface area contributed by atoms with E-state index in [0.29, 0.717) is 0 Å². The summed E-state index contributed by atoms with van der Waals surface area (Å²) in [5, 5.41) is 0.734. The summed E-state index contributed by atoms with van der Waals surface area (Å²) in [7, 11) is 0. The van der Waals surface area contributed by atoms with Crippen LogP contribution in [0.3, 0.4) is 0 Å². The SMILES string of the molecule is CC(=O)Oc1cncc(SCc2ccccc2)n1. The first-order valence-electron chi connectivity index (χ1n) is 5.41. The molecule has 0 amide bonds. The second kappa shape index (κ2) is 6.16. The van der Waals surface area contributed by atoms with Gasteiger partial charge < -0.3 is 4.74 Å². The third-order valence-corrected chi connectivity index (χ3v) is 3.04. The molecule has 0 bridgehead atoms. The van der Waals surface area contributed by atoms with Crippen LogP contribution in [0.2, 0.25) is 0 Å². The van der Waals surface area contributed by atoms with Crippen LogP contribution < -0.4 is 4.74 Å². The zero-order valence-corrected chi connectivity index (χ0v) is 10.7. The van der Waals surface area contributed by atoms with E-state index in [9.17, 15) is 4.79 Å². The first kappa shape index (κ1) is 12.6. The van der Waals surface area contributed by atoms with Gasteiger partial charge in [0.05, 0.1) is 12.4 Å². The number of nitrogens with zero attached hydrogens (tertiary/aromatic N) is 2. The number of ether oxygens (including phenoxy) is 1. The van der Waals surface area contributed by atoms with Crippen LogP contribution in [-0.2, 0) is 10.5 Å². The monoisotopic (exact) mass is 260 g/mol. The zero-order chi connectivity index (χ0) is 12.8. The molecule has 0 saturated heterocycles. The van der Waals surface area contributed by atoms with E-state index in [0.717, 1.165) is 10.8 Å². The predicted molar refractivity (Wildman–Crippen MR) is 69.3 cm³/mol. The molecule has 1 aromatic heterocycles. The summed E-state index contributed by atoms with van der Waals surface area (Å²) in [6.45, 7) is 1.34. The van der Waals surface area contributed by atoms with Gasteiger partial charge in [-0.15, -0.1) is 0 Å². The van der Waals surface area contributed by atoms with Crippen molar-refractivity contribution in [2.75, 3.05) is 0 Å². The highest BCUT2D eigenvalue weighted by Crippen LogP contribution is 2.21. The van der Waals surface area contributed by atoms with Crippen LogP contribution in [-0.4, -0.2) is 15.9 Å². The quantitative estimate of drug-likeness (QED) is 0.625. The van der Waals surface area contributed by atoms with Gasteiger partial charge in [0, 0.05) is 12.7 Å². The second-order valence-corrected chi connectivity index (χ2v) is 4.56. The van der Waals surface area contributed by atoms with E-state index in [4.69, 9.17) is 4.74 Å². The fraction of sp³-hybridized carbons (Fsp3) is 0.154. The minimum absolute atomic E-state index is 0.237. The molecule has 4 nitrogen and oxygen atoms in total. The Morgan fingerprint density at radius 1 is 1.28 bits per heavy atom. The Kier molecular flexibility index (Phi) is 4.30. The Hall–Kier alpha value is -1.88. The van der Waals surface area contributed by atoms with Crippen molar-refractivity contribution < 1.29 is 9.53 Å². The predicted octanol–water partition coefficient (Wildman–Crippen LogP) is 2.69. The lowest BCUT2D eigenvalue weighted by Gasteiger charge is -2.03. The molecule has 0 aliphatic rings. The summed E-state index contributed by atoms with van der Waals surface area (Å²) in [5.41, 5.74) is 1.21. The molecule has 0 radical (unpaired) electrons. The summed E-state index contributed by atoms with van der Waals surface area (Å²) in [4.78, 5) is 19.0. The van der Waals surface area contributed by atoms with Gasteiger partial charge in [0.2, 0.25) is 5.88 Å². The molecule has 2 aromatic rings. The maximum absolute atomic E-state index is 10.8. The van der Waals surface area contributed by atoms with Gasteiger partial charge in [-0.25, -0.2) is 4.98 Å². The summed E-state index contributed by atoms with van der Waals surface area (Å²) < 4.78 is 4.88. The Bertz CT molecular complexity index is 532. The van der Waals surface area contributed by atoms with Crippen LogP contribution in [0.25, 0.3) is 0 Å². The molecule has 92 valence electrons. The standard InChI is InChI=1S/C13H12N2O2S/c1-10(16)17-12-7-14-8-13(15-12)18-9-11-5-3-2-4-6-11/h2-8H,9H2,1H3. The Balaban J connectivity index is 1.99. The van der Waals surface area contributed by atoms with E-state index in [1.807, 2.05) is 18.2 Å². The molecule has 0 unspecified atom stereocenters. The zero-order valence-electron chi connectivity index (χ0n) is 9.87. The van der Waals surface area contributed by atoms with Gasteiger partial charge in [-0.05, 0) is 5.56 Å². The number of hydrogen-bond acceptors (Lipinski definition) is 5. The number of rotatable bonds is 4. The average molecular weight is 260 g/mol. The summed E-state index contributed by atoms with van der Waals surface area (Å²) in [6.07, 6.45) is 3.08. The third-order valence-electron chi connectivity index (χ3n) is 2.07. The molecule has 0 saturated carbocycles. The first-order valence-corrected chi connectivity index (χ1v) is 6.40. The summed E-state index contributed by atoms with van der Waals surface area (Å²) in [5.74, 6) is 0.647. The number of carbonyl (C=O) groups is 1. The number of esters is 1. The van der Waals surface area contributed by atoms with Crippen LogP contribution >= 0.6 is 11.8 Å². The van der Waals surface area contributed by atoms with Gasteiger partial charge in [0.1, 0.15) is 5.03 Å². The molecule has 0 fully saturated rings. The van der Waals surface area contributed by atoms with E-state index in [1.165, 1.54) is 18.7 Å². The van der Waals surface area contributed by atoms with Crippen LogP contribution in [0.5, 0.6) is 5.88 Å². The van der Waals surface area contributed by atoms with Crippen molar-refractivity contribution in [3.05, 3.63) is 48.3 Å². The van der Waals surface area contributed by atoms with E-state index in [-0.39, 0.29) is 5.88 Å². The lowest BCUT2D eigenvalue weighted by atomic mass is 10.2. The molecular weight excluding hydrogens is 248 g/mol. The molecule has 2 rings (SSSR count). The molecule has 18 heavy (non-hydrogen) atoms. The van der Waals surface area contributed by atoms with E-state index in [2.05, 4.69) is 22.1 Å². The van der Waals surface area contributed by atoms with Crippen molar-refractivity contribution in [3.8, 4) is 5.88 Å². The molecular formula is C13H12N2O2S. The molecule has 0 N–H and O–H groups in total. The Labute approximate surface area is 109 Å². The summed E-state index contributed by atoms with van der Waals surface area (Å²) in [6, 6.07) is 10.1. The highest BCUT2D eigenvalue weighted by molar-refractivity contribution is 7.98. The van der Waals surface area contributed by atoms with Crippen LogP contribution in [0.15, 0.2) is 47.8 Å². The number of thioether (sulfide) groups is 1. The van der Waals surface area contributed by atoms with E-state index < -0.39 is 5.97 Å². The smallest absolute Gasteiger partial charge is 0.309 e. The highest BCUT2D eigenvalue weighted by Gasteiger charge is 2.03. The van der Waals surface area contributed by atoms with Crippen LogP contribution in [0.1, 0.15) is 12.5 Å². The lowest BCUT2D eigenvalue weighted by molar-refractivity contribution is -0.132. The van der Waals surface area contributed by atoms with Crippen molar-refractivity contribution >= 4 is 17.7 Å². The molecule has 0 aliphatic carbocycles. The Morgan fingerprint density at radius 3 is 2.78 bits per heavy atom. The maximum atomic E-state index is 10.8. The minimum atomic E-state index is -0.394. The van der Waals surface area contributed by atoms with Crippen molar-refractivity contribution in [1.29, 1.82) is 0 Å². The van der Waals surface area contributed by atoms with Crippen molar-refractivity contribution in [2.45, 2.75) is 17.7 Å². The van der Waals surface area contributed by atoms with E-state index >= 15 is 0 Å². The maximum Gasteiger partial charge on any atom is 0.309 e. The molecule has 5 heteroatoms. The largest absolute Gasteiger partial charge is 0.406 e. The van der Waals surface area contributed by atoms with Gasteiger partial charge in [-0.1, -0.05) is 42.1 Å². The van der Waals surface area contributed by atoms with Gasteiger partial charge >= 0.3 is 5.97 Å². The fourth-order valence-corrected chi connectivity index (χ4v) is 2.13. The topological polar surface area (TPSA) is 52.1 Å². The Morgan fingerprint density at radius 2 is 2.06 bits per heavy atom. The molecule has 0 atom stereocenters. The highest BCUT2D eigenvalue weighted by atomic mass is 32.2. The van der Waals surface area contributed by atoms with E-state index in [1.54, 1.807) is 18.0 Å². The number of aromatic nitrogens is 2. The molecule has 0 aliphatic heterocycles. The molecule has 1 heterocycles. The molecule has 0 spiro atoms. The fourth-order valence-electron chi connectivity index (χ4n) is 1.33. The van der Waals surface area contributed by atoms with Gasteiger partial charge in [-0.3, -0.25) is 9.78 Å². The van der Waals surface area contributed by atoms with Crippen molar-refractivity contribution in [2.24, 2.45) is 0 Å². The first-order chi connectivity index (χ1) is 8.74. The van der Waals surface area contributed by atoms with Gasteiger partial charge in [0.25, 0.3) is 0 Å².